The second-order valence-electron chi connectivity index (χ2n) is 16.7. The molecule has 1 aliphatic carbocycles. The van der Waals surface area contributed by atoms with Crippen LogP contribution in [-0.2, 0) is 5.41 Å². The molecule has 59 heavy (non-hydrogen) atoms. The molecule has 0 saturated heterocycles. The number of furan rings is 2. The van der Waals surface area contributed by atoms with Gasteiger partial charge in [-0.1, -0.05) is 166 Å². The summed E-state index contributed by atoms with van der Waals surface area (Å²) < 4.78 is 13.2. The van der Waals surface area contributed by atoms with Crippen molar-refractivity contribution in [2.75, 3.05) is 0 Å². The Labute approximate surface area is 340 Å². The maximum atomic E-state index is 6.75. The minimum atomic E-state index is -0.170. The van der Waals surface area contributed by atoms with E-state index in [0.29, 0.717) is 0 Å². The average molecular weight is 753 g/mol. The molecule has 12 aromatic rings. The second-order valence-corrected chi connectivity index (χ2v) is 16.7. The van der Waals surface area contributed by atoms with Crippen LogP contribution in [0.25, 0.3) is 121 Å². The number of hydrogen-bond donors (Lipinski definition) is 0. The molecule has 0 radical (unpaired) electrons. The van der Waals surface area contributed by atoms with Gasteiger partial charge >= 0.3 is 0 Å². The van der Waals surface area contributed by atoms with E-state index in [1.54, 1.807) is 0 Å². The van der Waals surface area contributed by atoms with Gasteiger partial charge in [-0.2, -0.15) is 0 Å². The molecule has 0 atom stereocenters. The van der Waals surface area contributed by atoms with Gasteiger partial charge in [0, 0.05) is 27.0 Å². The summed E-state index contributed by atoms with van der Waals surface area (Å²) in [5, 5.41) is 11.7. The van der Waals surface area contributed by atoms with Gasteiger partial charge in [0.15, 0.2) is 0 Å². The van der Waals surface area contributed by atoms with Crippen molar-refractivity contribution in [3.05, 3.63) is 193 Å². The Hall–Kier alpha value is -7.42. The summed E-state index contributed by atoms with van der Waals surface area (Å²) in [6, 6.07) is 66.5. The van der Waals surface area contributed by atoms with Gasteiger partial charge in [0.2, 0.25) is 0 Å². The molecule has 2 heterocycles. The number of rotatable bonds is 3. The quantitative estimate of drug-likeness (QED) is 0.168. The summed E-state index contributed by atoms with van der Waals surface area (Å²) in [5.74, 6) is 0. The number of para-hydroxylation sites is 1. The molecular formula is C57H36O2. The Balaban J connectivity index is 0.980. The molecule has 0 amide bonds. The van der Waals surface area contributed by atoms with E-state index in [2.05, 4.69) is 184 Å². The lowest BCUT2D eigenvalue weighted by atomic mass is 9.81. The smallest absolute Gasteiger partial charge is 0.147 e. The fraction of sp³-hybridized carbons (Fsp3) is 0.0526. The van der Waals surface area contributed by atoms with Gasteiger partial charge in [0.1, 0.15) is 22.3 Å². The van der Waals surface area contributed by atoms with Crippen molar-refractivity contribution < 1.29 is 8.83 Å². The van der Waals surface area contributed by atoms with E-state index < -0.39 is 0 Å². The maximum Gasteiger partial charge on any atom is 0.147 e. The van der Waals surface area contributed by atoms with Crippen LogP contribution in [0.1, 0.15) is 25.0 Å². The SMILES string of the molecule is CC1(C)c2ccc(-c3c4ccccc4c(-c4ccccc4)c4ccccc34)cc2-c2ccc(-c3ccc4oc5c(c4c3)c3ccccc3c3oc4ccccc4c35)cc21. The van der Waals surface area contributed by atoms with E-state index in [1.807, 2.05) is 12.1 Å². The standard InChI is InChI=1S/C57H36O2/c1-57(2)47-28-25-36(52-40-18-8-6-16-38(40)51(33-14-4-3-5-15-33)39-17-7-9-19-41(39)52)31-45(47)37-27-24-35(32-48(37)57)34-26-29-50-46(30-34)53-42-20-10-11-21-43(42)55-54(56(53)59-50)44-22-12-13-23-49(44)58-55/h3-32H,1-2H3. The van der Waals surface area contributed by atoms with Crippen molar-refractivity contribution >= 4 is 76.2 Å². The second kappa shape index (κ2) is 11.8. The van der Waals surface area contributed by atoms with Gasteiger partial charge in [-0.3, -0.25) is 0 Å². The van der Waals surface area contributed by atoms with Crippen LogP contribution >= 0.6 is 0 Å². The third-order valence-electron chi connectivity index (χ3n) is 13.2. The highest BCUT2D eigenvalue weighted by molar-refractivity contribution is 6.33. The molecule has 0 spiro atoms. The lowest BCUT2D eigenvalue weighted by Crippen LogP contribution is -2.15. The van der Waals surface area contributed by atoms with Crippen LogP contribution in [-0.4, -0.2) is 0 Å². The zero-order chi connectivity index (χ0) is 39.0. The summed E-state index contributed by atoms with van der Waals surface area (Å²) in [4.78, 5) is 0. The number of benzene rings is 10. The lowest BCUT2D eigenvalue weighted by molar-refractivity contribution is 0.660. The van der Waals surface area contributed by atoms with Crippen LogP contribution in [0.2, 0.25) is 0 Å². The fourth-order valence-corrected chi connectivity index (χ4v) is 10.5. The molecular weight excluding hydrogens is 717 g/mol. The third-order valence-corrected chi connectivity index (χ3v) is 13.2. The monoisotopic (exact) mass is 752 g/mol. The van der Waals surface area contributed by atoms with Gasteiger partial charge < -0.3 is 8.83 Å². The number of hydrogen-bond acceptors (Lipinski definition) is 2. The van der Waals surface area contributed by atoms with Crippen LogP contribution < -0.4 is 0 Å². The zero-order valence-electron chi connectivity index (χ0n) is 32.6. The predicted octanol–water partition coefficient (Wildman–Crippen LogP) is 16.3. The van der Waals surface area contributed by atoms with Gasteiger partial charge in [-0.05, 0) is 113 Å². The minimum Gasteiger partial charge on any atom is -0.455 e. The van der Waals surface area contributed by atoms with E-state index >= 15 is 0 Å². The van der Waals surface area contributed by atoms with Gasteiger partial charge in [-0.25, -0.2) is 0 Å². The Bertz CT molecular complexity index is 3690. The van der Waals surface area contributed by atoms with Crippen molar-refractivity contribution in [1.82, 2.24) is 0 Å². The normalized spacial score (nSPS) is 13.4. The summed E-state index contributed by atoms with van der Waals surface area (Å²) in [6.07, 6.45) is 0. The Morgan fingerprint density at radius 1 is 0.322 bits per heavy atom. The highest BCUT2D eigenvalue weighted by Gasteiger charge is 2.36. The average Bonchev–Trinajstić information content (AvgIpc) is 3.93. The van der Waals surface area contributed by atoms with E-state index in [1.165, 1.54) is 77.2 Å². The topological polar surface area (TPSA) is 26.3 Å². The van der Waals surface area contributed by atoms with Gasteiger partial charge in [0.05, 0.1) is 5.39 Å². The van der Waals surface area contributed by atoms with Crippen LogP contribution in [0.5, 0.6) is 0 Å². The first-order valence-corrected chi connectivity index (χ1v) is 20.5. The predicted molar refractivity (Wildman–Crippen MR) is 247 cm³/mol. The molecule has 2 heteroatoms. The largest absolute Gasteiger partial charge is 0.455 e. The molecule has 2 nitrogen and oxygen atoms in total. The molecule has 2 aromatic heterocycles. The summed E-state index contributed by atoms with van der Waals surface area (Å²) in [6.45, 7) is 4.75. The first-order valence-electron chi connectivity index (χ1n) is 20.5. The molecule has 0 bridgehead atoms. The maximum absolute atomic E-state index is 6.75. The number of fused-ring (bicyclic) bond motifs is 15. The molecule has 1 aliphatic rings. The molecule has 0 N–H and O–H groups in total. The van der Waals surface area contributed by atoms with E-state index in [0.717, 1.165) is 54.6 Å². The first kappa shape index (κ1) is 32.6. The van der Waals surface area contributed by atoms with Crippen LogP contribution in [0.4, 0.5) is 0 Å². The summed E-state index contributed by atoms with van der Waals surface area (Å²) in [7, 11) is 0. The minimum absolute atomic E-state index is 0.170. The van der Waals surface area contributed by atoms with Crippen molar-refractivity contribution in [3.8, 4) is 44.5 Å². The Morgan fingerprint density at radius 3 is 1.59 bits per heavy atom. The lowest BCUT2D eigenvalue weighted by Gasteiger charge is -2.22. The van der Waals surface area contributed by atoms with E-state index in [9.17, 15) is 0 Å². The zero-order valence-corrected chi connectivity index (χ0v) is 32.6. The summed E-state index contributed by atoms with van der Waals surface area (Å²) in [5.41, 5.74) is 16.1. The Morgan fingerprint density at radius 2 is 0.864 bits per heavy atom. The first-order chi connectivity index (χ1) is 29.0. The molecule has 13 rings (SSSR count). The fourth-order valence-electron chi connectivity index (χ4n) is 10.5. The summed E-state index contributed by atoms with van der Waals surface area (Å²) >= 11 is 0. The molecule has 0 saturated carbocycles. The van der Waals surface area contributed by atoms with Crippen molar-refractivity contribution in [2.45, 2.75) is 19.3 Å². The van der Waals surface area contributed by atoms with Gasteiger partial charge in [-0.15, -0.1) is 0 Å². The molecule has 0 aliphatic heterocycles. The molecule has 276 valence electrons. The highest BCUT2D eigenvalue weighted by atomic mass is 16.3. The van der Waals surface area contributed by atoms with Crippen molar-refractivity contribution in [3.63, 3.8) is 0 Å². The highest BCUT2D eigenvalue weighted by Crippen LogP contribution is 2.53. The van der Waals surface area contributed by atoms with E-state index in [4.69, 9.17) is 8.83 Å². The Kier molecular flexibility index (Phi) is 6.54. The third kappa shape index (κ3) is 4.46. The van der Waals surface area contributed by atoms with Crippen LogP contribution in [0.3, 0.4) is 0 Å². The van der Waals surface area contributed by atoms with Crippen molar-refractivity contribution in [2.24, 2.45) is 0 Å². The van der Waals surface area contributed by atoms with Crippen LogP contribution in [0, 0.1) is 0 Å². The molecule has 10 aromatic carbocycles. The van der Waals surface area contributed by atoms with E-state index in [-0.39, 0.29) is 5.41 Å². The van der Waals surface area contributed by atoms with Crippen molar-refractivity contribution in [1.29, 1.82) is 0 Å². The molecule has 0 fully saturated rings. The van der Waals surface area contributed by atoms with Crippen LogP contribution in [0.15, 0.2) is 191 Å². The molecule has 0 unspecified atom stereocenters. The van der Waals surface area contributed by atoms with Gasteiger partial charge in [0.25, 0.3) is 0 Å².